The van der Waals surface area contributed by atoms with Crippen LogP contribution in [0.5, 0.6) is 0 Å². The molecule has 1 saturated carbocycles. The summed E-state index contributed by atoms with van der Waals surface area (Å²) in [5, 5.41) is 3.86. The van der Waals surface area contributed by atoms with Gasteiger partial charge in [0.05, 0.1) is 6.42 Å². The molecule has 1 aliphatic rings. The highest BCUT2D eigenvalue weighted by Crippen LogP contribution is 2.26. The van der Waals surface area contributed by atoms with E-state index in [4.69, 9.17) is 18.0 Å². The quantitative estimate of drug-likeness (QED) is 0.818. The number of rotatable bonds is 5. The molecule has 1 fully saturated rings. The van der Waals surface area contributed by atoms with Gasteiger partial charge >= 0.3 is 0 Å². The number of nitrogens with two attached hydrogens (primary N) is 1. The lowest BCUT2D eigenvalue weighted by atomic mass is 9.94. The molecular formula is C16H22N2OS2. The molecule has 3 nitrogen and oxygen atoms in total. The lowest BCUT2D eigenvalue weighted by molar-refractivity contribution is -0.121. The Balaban J connectivity index is 1.85. The predicted molar refractivity (Wildman–Crippen MR) is 93.7 cm³/mol. The Morgan fingerprint density at radius 2 is 2.10 bits per heavy atom. The molecule has 0 bridgehead atoms. The highest BCUT2D eigenvalue weighted by atomic mass is 32.2. The number of thioether (sulfide) groups is 1. The van der Waals surface area contributed by atoms with Gasteiger partial charge in [-0.05, 0) is 31.1 Å². The third kappa shape index (κ3) is 5.00. The van der Waals surface area contributed by atoms with E-state index in [1.807, 2.05) is 36.0 Å². The highest BCUT2D eigenvalue weighted by molar-refractivity contribution is 7.99. The minimum atomic E-state index is 0.102. The van der Waals surface area contributed by atoms with E-state index >= 15 is 0 Å². The van der Waals surface area contributed by atoms with Crippen LogP contribution in [0.4, 0.5) is 0 Å². The molecule has 3 N–H and O–H groups in total. The van der Waals surface area contributed by atoms with Crippen molar-refractivity contribution >= 4 is 34.9 Å². The summed E-state index contributed by atoms with van der Waals surface area (Å²) in [5.74, 6) is 0.102. The van der Waals surface area contributed by atoms with Crippen LogP contribution >= 0.6 is 24.0 Å². The Labute approximate surface area is 136 Å². The van der Waals surface area contributed by atoms with Crippen LogP contribution in [0, 0.1) is 0 Å². The number of hydrogen-bond acceptors (Lipinski definition) is 3. The van der Waals surface area contributed by atoms with Crippen LogP contribution in [0.3, 0.4) is 0 Å². The second kappa shape index (κ2) is 7.80. The van der Waals surface area contributed by atoms with Gasteiger partial charge in [-0.2, -0.15) is 11.8 Å². The van der Waals surface area contributed by atoms with E-state index < -0.39 is 0 Å². The fourth-order valence-corrected chi connectivity index (χ4v) is 3.70. The van der Waals surface area contributed by atoms with Gasteiger partial charge in [-0.3, -0.25) is 4.79 Å². The van der Waals surface area contributed by atoms with E-state index in [0.717, 1.165) is 24.0 Å². The van der Waals surface area contributed by atoms with Crippen LogP contribution in [0.25, 0.3) is 0 Å². The van der Waals surface area contributed by atoms with Crippen molar-refractivity contribution in [3.63, 3.8) is 0 Å². The fraction of sp³-hybridized carbons (Fsp3) is 0.500. The van der Waals surface area contributed by atoms with Crippen molar-refractivity contribution < 1.29 is 4.79 Å². The van der Waals surface area contributed by atoms with Crippen LogP contribution in [0.15, 0.2) is 24.3 Å². The number of benzene rings is 1. The van der Waals surface area contributed by atoms with Gasteiger partial charge in [-0.15, -0.1) is 0 Å². The van der Waals surface area contributed by atoms with Gasteiger partial charge in [0.2, 0.25) is 5.91 Å². The lowest BCUT2D eigenvalue weighted by Crippen LogP contribution is -2.39. The summed E-state index contributed by atoms with van der Waals surface area (Å²) < 4.78 is 0. The van der Waals surface area contributed by atoms with Crippen molar-refractivity contribution in [3.8, 4) is 0 Å². The normalized spacial score (nSPS) is 21.8. The summed E-state index contributed by atoms with van der Waals surface area (Å²) in [6, 6.07) is 7.91. The molecule has 0 spiro atoms. The van der Waals surface area contributed by atoms with E-state index in [1.165, 1.54) is 12.8 Å². The zero-order valence-electron chi connectivity index (χ0n) is 12.3. The van der Waals surface area contributed by atoms with E-state index in [1.54, 1.807) is 0 Å². The summed E-state index contributed by atoms with van der Waals surface area (Å²) in [7, 11) is 0. The fourth-order valence-electron chi connectivity index (χ4n) is 2.74. The lowest BCUT2D eigenvalue weighted by Gasteiger charge is -2.28. The molecule has 1 amide bonds. The number of hydrogen-bond donors (Lipinski definition) is 2. The molecule has 114 valence electrons. The van der Waals surface area contributed by atoms with Gasteiger partial charge in [0.15, 0.2) is 0 Å². The minimum Gasteiger partial charge on any atom is -0.389 e. The summed E-state index contributed by atoms with van der Waals surface area (Å²) in [4.78, 5) is 12.5. The first-order chi connectivity index (χ1) is 10.1. The van der Waals surface area contributed by atoms with Crippen molar-refractivity contribution in [1.29, 1.82) is 0 Å². The van der Waals surface area contributed by atoms with E-state index in [9.17, 15) is 4.79 Å². The zero-order valence-corrected chi connectivity index (χ0v) is 13.9. The first kappa shape index (κ1) is 16.3. The second-order valence-electron chi connectivity index (χ2n) is 5.53. The Kier molecular flexibility index (Phi) is 6.06. The van der Waals surface area contributed by atoms with E-state index in [-0.39, 0.29) is 5.91 Å². The maximum absolute atomic E-state index is 12.1. The second-order valence-corrected chi connectivity index (χ2v) is 7.10. The molecule has 2 unspecified atom stereocenters. The number of amides is 1. The third-order valence-electron chi connectivity index (χ3n) is 3.93. The van der Waals surface area contributed by atoms with Gasteiger partial charge in [0.25, 0.3) is 0 Å². The molecule has 2 atom stereocenters. The van der Waals surface area contributed by atoms with Crippen LogP contribution < -0.4 is 11.1 Å². The predicted octanol–water partition coefficient (Wildman–Crippen LogP) is 2.65. The smallest absolute Gasteiger partial charge is 0.224 e. The molecule has 21 heavy (non-hydrogen) atoms. The van der Waals surface area contributed by atoms with Gasteiger partial charge in [-0.1, -0.05) is 42.9 Å². The molecule has 1 aliphatic carbocycles. The Morgan fingerprint density at radius 1 is 1.38 bits per heavy atom. The zero-order chi connectivity index (χ0) is 15.2. The molecule has 0 saturated heterocycles. The molecule has 0 aliphatic heterocycles. The first-order valence-electron chi connectivity index (χ1n) is 7.29. The van der Waals surface area contributed by atoms with Crippen molar-refractivity contribution in [2.24, 2.45) is 5.73 Å². The van der Waals surface area contributed by atoms with Gasteiger partial charge in [0, 0.05) is 16.9 Å². The first-order valence-corrected chi connectivity index (χ1v) is 8.99. The SMILES string of the molecule is CSC1CCCC(NC(=O)Cc2ccc(C(N)=S)cc2)C1. The average Bonchev–Trinajstić information content (AvgIpc) is 2.47. The largest absolute Gasteiger partial charge is 0.389 e. The average molecular weight is 322 g/mol. The monoisotopic (exact) mass is 322 g/mol. The molecule has 2 rings (SSSR count). The summed E-state index contributed by atoms with van der Waals surface area (Å²) >= 11 is 6.83. The summed E-state index contributed by atoms with van der Waals surface area (Å²) in [6.45, 7) is 0. The van der Waals surface area contributed by atoms with Crippen LogP contribution in [0.1, 0.15) is 36.8 Å². The number of nitrogens with one attached hydrogen (secondary N) is 1. The Bertz CT molecular complexity index is 502. The van der Waals surface area contributed by atoms with E-state index in [2.05, 4.69) is 11.6 Å². The van der Waals surface area contributed by atoms with Crippen molar-refractivity contribution in [3.05, 3.63) is 35.4 Å². The molecular weight excluding hydrogens is 300 g/mol. The molecule has 0 radical (unpaired) electrons. The van der Waals surface area contributed by atoms with E-state index in [0.29, 0.717) is 22.7 Å². The van der Waals surface area contributed by atoms with Gasteiger partial charge in [0.1, 0.15) is 4.99 Å². The van der Waals surface area contributed by atoms with Gasteiger partial charge in [-0.25, -0.2) is 0 Å². The maximum atomic E-state index is 12.1. The number of carbonyl (C=O) groups is 1. The third-order valence-corrected chi connectivity index (χ3v) is 5.26. The standard InChI is InChI=1S/C16H22N2OS2/c1-21-14-4-2-3-13(10-14)18-15(19)9-11-5-7-12(8-6-11)16(17)20/h5-8,13-14H,2-4,9-10H2,1H3,(H2,17,20)(H,18,19). The van der Waals surface area contributed by atoms with Crippen molar-refractivity contribution in [1.82, 2.24) is 5.32 Å². The molecule has 5 heteroatoms. The maximum Gasteiger partial charge on any atom is 0.224 e. The molecule has 0 aromatic heterocycles. The van der Waals surface area contributed by atoms with Crippen LogP contribution in [-0.4, -0.2) is 28.4 Å². The molecule has 0 heterocycles. The van der Waals surface area contributed by atoms with Gasteiger partial charge < -0.3 is 11.1 Å². The summed E-state index contributed by atoms with van der Waals surface area (Å²) in [6.07, 6.45) is 7.24. The molecule has 1 aromatic carbocycles. The summed E-state index contributed by atoms with van der Waals surface area (Å²) in [5.41, 5.74) is 7.39. The number of carbonyl (C=O) groups excluding carboxylic acids is 1. The minimum absolute atomic E-state index is 0.102. The highest BCUT2D eigenvalue weighted by Gasteiger charge is 2.22. The Hall–Kier alpha value is -1.07. The van der Waals surface area contributed by atoms with Crippen LogP contribution in [-0.2, 0) is 11.2 Å². The van der Waals surface area contributed by atoms with Crippen molar-refractivity contribution in [2.45, 2.75) is 43.4 Å². The number of thiocarbonyl (C=S) groups is 1. The topological polar surface area (TPSA) is 55.1 Å². The Morgan fingerprint density at radius 3 is 2.71 bits per heavy atom. The molecule has 1 aromatic rings. The van der Waals surface area contributed by atoms with Crippen molar-refractivity contribution in [2.75, 3.05) is 6.26 Å². The van der Waals surface area contributed by atoms with Crippen LogP contribution in [0.2, 0.25) is 0 Å².